The van der Waals surface area contributed by atoms with Crippen LogP contribution in [0.4, 0.5) is 4.39 Å². The molecule has 1 aromatic rings. The van der Waals surface area contributed by atoms with E-state index in [9.17, 15) is 14.4 Å². The summed E-state index contributed by atoms with van der Waals surface area (Å²) >= 11 is 0. The Morgan fingerprint density at radius 3 is 2.45 bits per heavy atom. The summed E-state index contributed by atoms with van der Waals surface area (Å²) < 4.78 is 12.8. The zero-order valence-corrected chi connectivity index (χ0v) is 11.4. The number of rotatable bonds is 2. The number of nitriles is 1. The third-order valence-electron chi connectivity index (χ3n) is 3.73. The molecule has 1 N–H and O–H groups in total. The number of nitrogens with zero attached hydrogens (tertiary/aromatic N) is 2. The van der Waals surface area contributed by atoms with Crippen molar-refractivity contribution < 1.29 is 9.18 Å². The van der Waals surface area contributed by atoms with Gasteiger partial charge in [-0.1, -0.05) is 32.1 Å². The number of hydrogen-bond acceptors (Lipinski definition) is 3. The second kappa shape index (κ2) is 6.47. The predicted molar refractivity (Wildman–Crippen MR) is 72.3 cm³/mol. The van der Waals surface area contributed by atoms with Crippen molar-refractivity contribution in [3.8, 4) is 6.07 Å². The first-order valence-electron chi connectivity index (χ1n) is 7.00. The molecule has 0 spiro atoms. The normalized spacial score (nSPS) is 18.4. The highest BCUT2D eigenvalue weighted by Gasteiger charge is 2.32. The third kappa shape index (κ3) is 3.53. The first-order chi connectivity index (χ1) is 9.65. The molecule has 4 nitrogen and oxygen atoms in total. The quantitative estimate of drug-likeness (QED) is 0.902. The Bertz CT molecular complexity index is 499. The Balaban J connectivity index is 2.10. The van der Waals surface area contributed by atoms with E-state index in [-0.39, 0.29) is 5.69 Å². The highest BCUT2D eigenvalue weighted by molar-refractivity contribution is 5.93. The number of carbonyl (C=O) groups excluding carboxylic acids is 1. The first-order valence-corrected chi connectivity index (χ1v) is 7.00. The SMILES string of the molecule is N#CC1(NC(=O)c2ccc(F)cn2)CCCCCCC1. The number of nitrogens with one attached hydrogen (secondary N) is 1. The summed E-state index contributed by atoms with van der Waals surface area (Å²) in [6.45, 7) is 0. The van der Waals surface area contributed by atoms with Crippen LogP contribution in [0.2, 0.25) is 0 Å². The lowest BCUT2D eigenvalue weighted by atomic mass is 9.85. The Labute approximate surface area is 118 Å². The second-order valence-corrected chi connectivity index (χ2v) is 5.28. The van der Waals surface area contributed by atoms with Gasteiger partial charge in [0.1, 0.15) is 17.1 Å². The van der Waals surface area contributed by atoms with Gasteiger partial charge in [0.05, 0.1) is 12.3 Å². The van der Waals surface area contributed by atoms with Crippen LogP contribution in [-0.2, 0) is 0 Å². The van der Waals surface area contributed by atoms with Crippen LogP contribution in [0.25, 0.3) is 0 Å². The van der Waals surface area contributed by atoms with E-state index in [2.05, 4.69) is 16.4 Å². The molecular formula is C15H18FN3O. The molecule has 1 aliphatic rings. The molecule has 0 bridgehead atoms. The lowest BCUT2D eigenvalue weighted by Crippen LogP contribution is -2.48. The van der Waals surface area contributed by atoms with Crippen LogP contribution < -0.4 is 5.32 Å². The number of amides is 1. The average molecular weight is 275 g/mol. The molecule has 106 valence electrons. The molecule has 0 aliphatic heterocycles. The summed E-state index contributed by atoms with van der Waals surface area (Å²) in [5.74, 6) is -0.894. The van der Waals surface area contributed by atoms with Crippen LogP contribution >= 0.6 is 0 Å². The molecule has 1 aromatic heterocycles. The third-order valence-corrected chi connectivity index (χ3v) is 3.73. The van der Waals surface area contributed by atoms with E-state index in [4.69, 9.17) is 0 Å². The van der Waals surface area contributed by atoms with Crippen LogP contribution in [-0.4, -0.2) is 16.4 Å². The van der Waals surface area contributed by atoms with E-state index in [0.29, 0.717) is 12.8 Å². The first kappa shape index (κ1) is 14.4. The molecule has 5 heteroatoms. The number of hydrogen-bond donors (Lipinski definition) is 1. The van der Waals surface area contributed by atoms with Crippen molar-refractivity contribution in [2.45, 2.75) is 50.5 Å². The lowest BCUT2D eigenvalue weighted by molar-refractivity contribution is 0.0902. The average Bonchev–Trinajstić information content (AvgIpc) is 2.43. The van der Waals surface area contributed by atoms with Crippen LogP contribution in [0.3, 0.4) is 0 Å². The minimum absolute atomic E-state index is 0.142. The van der Waals surface area contributed by atoms with E-state index < -0.39 is 17.3 Å². The molecule has 1 heterocycles. The number of aromatic nitrogens is 1. The molecule has 0 unspecified atom stereocenters. The fourth-order valence-electron chi connectivity index (χ4n) is 2.57. The van der Waals surface area contributed by atoms with Gasteiger partial charge >= 0.3 is 0 Å². The molecular weight excluding hydrogens is 257 g/mol. The summed E-state index contributed by atoms with van der Waals surface area (Å²) in [6, 6.07) is 4.79. The van der Waals surface area contributed by atoms with Gasteiger partial charge in [-0.3, -0.25) is 4.79 Å². The number of halogens is 1. The summed E-state index contributed by atoms with van der Waals surface area (Å²) in [6.07, 6.45) is 7.57. The topological polar surface area (TPSA) is 65.8 Å². The van der Waals surface area contributed by atoms with Crippen LogP contribution in [0, 0.1) is 17.1 Å². The van der Waals surface area contributed by atoms with Crippen LogP contribution in [0.5, 0.6) is 0 Å². The van der Waals surface area contributed by atoms with Gasteiger partial charge in [0.25, 0.3) is 5.91 Å². The van der Waals surface area contributed by atoms with Gasteiger partial charge in [-0.25, -0.2) is 9.37 Å². The fourth-order valence-corrected chi connectivity index (χ4v) is 2.57. The molecule has 0 saturated heterocycles. The maximum Gasteiger partial charge on any atom is 0.271 e. The summed E-state index contributed by atoms with van der Waals surface area (Å²) in [5, 5.41) is 12.3. The molecule has 20 heavy (non-hydrogen) atoms. The Kier molecular flexibility index (Phi) is 4.67. The fraction of sp³-hybridized carbons (Fsp3) is 0.533. The van der Waals surface area contributed by atoms with Crippen LogP contribution in [0.15, 0.2) is 18.3 Å². The van der Waals surface area contributed by atoms with Crippen molar-refractivity contribution in [1.82, 2.24) is 10.3 Å². The Hall–Kier alpha value is -1.96. The lowest BCUT2D eigenvalue weighted by Gasteiger charge is -2.29. The number of carbonyl (C=O) groups is 1. The van der Waals surface area contributed by atoms with Gasteiger partial charge in [0, 0.05) is 0 Å². The predicted octanol–water partition coefficient (Wildman–Crippen LogP) is 2.96. The Morgan fingerprint density at radius 1 is 1.25 bits per heavy atom. The van der Waals surface area contributed by atoms with E-state index >= 15 is 0 Å². The van der Waals surface area contributed by atoms with E-state index in [1.165, 1.54) is 18.6 Å². The molecule has 2 rings (SSSR count). The van der Waals surface area contributed by atoms with Gasteiger partial charge in [0.2, 0.25) is 0 Å². The molecule has 1 aliphatic carbocycles. The molecule has 0 aromatic carbocycles. The van der Waals surface area contributed by atoms with Crippen molar-refractivity contribution in [3.05, 3.63) is 29.8 Å². The van der Waals surface area contributed by atoms with Crippen molar-refractivity contribution in [3.63, 3.8) is 0 Å². The van der Waals surface area contributed by atoms with Gasteiger partial charge in [-0.2, -0.15) is 5.26 Å². The minimum Gasteiger partial charge on any atom is -0.332 e. The van der Waals surface area contributed by atoms with E-state index in [0.717, 1.165) is 31.9 Å². The summed E-state index contributed by atoms with van der Waals surface area (Å²) in [4.78, 5) is 15.9. The van der Waals surface area contributed by atoms with Gasteiger partial charge in [-0.15, -0.1) is 0 Å². The van der Waals surface area contributed by atoms with Gasteiger partial charge in [-0.05, 0) is 25.0 Å². The van der Waals surface area contributed by atoms with Crippen molar-refractivity contribution in [2.24, 2.45) is 0 Å². The maximum atomic E-state index is 12.8. The van der Waals surface area contributed by atoms with Crippen molar-refractivity contribution >= 4 is 5.91 Å². The zero-order chi connectivity index (χ0) is 14.4. The van der Waals surface area contributed by atoms with Gasteiger partial charge in [0.15, 0.2) is 0 Å². The monoisotopic (exact) mass is 275 g/mol. The Morgan fingerprint density at radius 2 is 1.90 bits per heavy atom. The summed E-state index contributed by atoms with van der Waals surface area (Å²) in [5.41, 5.74) is -0.670. The smallest absolute Gasteiger partial charge is 0.271 e. The van der Waals surface area contributed by atoms with Crippen LogP contribution in [0.1, 0.15) is 55.4 Å². The van der Waals surface area contributed by atoms with Crippen molar-refractivity contribution in [1.29, 1.82) is 5.26 Å². The zero-order valence-electron chi connectivity index (χ0n) is 11.4. The molecule has 1 saturated carbocycles. The highest BCUT2D eigenvalue weighted by atomic mass is 19.1. The molecule has 1 amide bonds. The van der Waals surface area contributed by atoms with Gasteiger partial charge < -0.3 is 5.32 Å². The second-order valence-electron chi connectivity index (χ2n) is 5.28. The van der Waals surface area contributed by atoms with E-state index in [1.54, 1.807) is 0 Å². The standard InChI is InChI=1S/C15H18FN3O/c16-12-6-7-13(18-10-12)14(20)19-15(11-17)8-4-2-1-3-5-9-15/h6-7,10H,1-5,8-9H2,(H,19,20). The summed E-state index contributed by atoms with van der Waals surface area (Å²) in [7, 11) is 0. The van der Waals surface area contributed by atoms with E-state index in [1.807, 2.05) is 0 Å². The molecule has 0 atom stereocenters. The maximum absolute atomic E-state index is 12.8. The molecule has 0 radical (unpaired) electrons. The van der Waals surface area contributed by atoms with Crippen molar-refractivity contribution in [2.75, 3.05) is 0 Å². The largest absolute Gasteiger partial charge is 0.332 e. The highest BCUT2D eigenvalue weighted by Crippen LogP contribution is 2.26. The number of pyridine rings is 1. The minimum atomic E-state index is -0.812. The molecule has 1 fully saturated rings.